The number of halogens is 1. The van der Waals surface area contributed by atoms with E-state index in [9.17, 15) is 0 Å². The van der Waals surface area contributed by atoms with Crippen LogP contribution in [0.15, 0.2) is 48.7 Å². The highest BCUT2D eigenvalue weighted by atomic mass is 35.5. The van der Waals surface area contributed by atoms with Crippen molar-refractivity contribution in [3.05, 3.63) is 59.2 Å². The highest BCUT2D eigenvalue weighted by Gasteiger charge is 2.17. The summed E-state index contributed by atoms with van der Waals surface area (Å²) in [4.78, 5) is 4.71. The summed E-state index contributed by atoms with van der Waals surface area (Å²) in [6.45, 7) is 3.81. The predicted molar refractivity (Wildman–Crippen MR) is 104 cm³/mol. The molecule has 1 aliphatic heterocycles. The number of aryl methyl sites for hydroxylation is 1. The topological polar surface area (TPSA) is 34.1 Å². The highest BCUT2D eigenvalue weighted by Crippen LogP contribution is 2.34. The number of rotatable bonds is 4. The third kappa shape index (κ3) is 3.35. The first-order chi connectivity index (χ1) is 12.2. The lowest BCUT2D eigenvalue weighted by Gasteiger charge is -2.16. The van der Waals surface area contributed by atoms with Gasteiger partial charge in [-0.3, -0.25) is 0 Å². The van der Waals surface area contributed by atoms with Crippen molar-refractivity contribution < 1.29 is 4.74 Å². The van der Waals surface area contributed by atoms with Crippen LogP contribution >= 0.6 is 11.6 Å². The monoisotopic (exact) mass is 352 g/mol. The molecule has 1 atom stereocenters. The molecule has 3 nitrogen and oxygen atoms in total. The van der Waals surface area contributed by atoms with Gasteiger partial charge in [0.25, 0.3) is 0 Å². The molecule has 3 aromatic rings. The second-order valence-corrected chi connectivity index (χ2v) is 6.98. The normalized spacial score (nSPS) is 17.1. The number of ether oxygens (including phenoxy) is 1. The average Bonchev–Trinajstić information content (AvgIpc) is 3.13. The summed E-state index contributed by atoms with van der Waals surface area (Å²) >= 11 is 6.19. The van der Waals surface area contributed by atoms with Crippen LogP contribution in [0.1, 0.15) is 18.4 Å². The number of fused-ring (bicyclic) bond motifs is 1. The highest BCUT2D eigenvalue weighted by molar-refractivity contribution is 6.31. The van der Waals surface area contributed by atoms with Gasteiger partial charge in [-0.15, -0.1) is 0 Å². The molecule has 0 spiro atoms. The zero-order chi connectivity index (χ0) is 17.2. The zero-order valence-electron chi connectivity index (χ0n) is 14.3. The SMILES string of the molecule is Cc1cccc2c(NCC3CCCO3)ncc(-c3cccc(Cl)c3)c12. The lowest BCUT2D eigenvalue weighted by molar-refractivity contribution is 0.120. The van der Waals surface area contributed by atoms with E-state index in [1.54, 1.807) is 0 Å². The van der Waals surface area contributed by atoms with Crippen LogP contribution in [-0.2, 0) is 4.74 Å². The number of nitrogens with one attached hydrogen (secondary N) is 1. The van der Waals surface area contributed by atoms with Gasteiger partial charge >= 0.3 is 0 Å². The van der Waals surface area contributed by atoms with Crippen molar-refractivity contribution in [3.63, 3.8) is 0 Å². The molecule has 4 rings (SSSR count). The molecule has 0 bridgehead atoms. The van der Waals surface area contributed by atoms with Crippen LogP contribution in [0.25, 0.3) is 21.9 Å². The van der Waals surface area contributed by atoms with E-state index in [4.69, 9.17) is 21.3 Å². The summed E-state index contributed by atoms with van der Waals surface area (Å²) in [5.41, 5.74) is 3.43. The molecule has 0 amide bonds. The van der Waals surface area contributed by atoms with E-state index >= 15 is 0 Å². The Morgan fingerprint density at radius 3 is 2.92 bits per heavy atom. The molecule has 25 heavy (non-hydrogen) atoms. The fourth-order valence-electron chi connectivity index (χ4n) is 3.52. The van der Waals surface area contributed by atoms with Crippen LogP contribution in [0.2, 0.25) is 5.02 Å². The van der Waals surface area contributed by atoms with Gasteiger partial charge in [-0.2, -0.15) is 0 Å². The van der Waals surface area contributed by atoms with Crippen LogP contribution in [0.3, 0.4) is 0 Å². The number of benzene rings is 2. The van der Waals surface area contributed by atoms with E-state index in [0.29, 0.717) is 0 Å². The van der Waals surface area contributed by atoms with E-state index in [1.807, 2.05) is 24.4 Å². The van der Waals surface area contributed by atoms with E-state index in [1.165, 1.54) is 10.9 Å². The van der Waals surface area contributed by atoms with Crippen molar-refractivity contribution in [1.82, 2.24) is 4.98 Å². The van der Waals surface area contributed by atoms with E-state index in [0.717, 1.165) is 53.3 Å². The van der Waals surface area contributed by atoms with Gasteiger partial charge in [0.05, 0.1) is 6.10 Å². The Morgan fingerprint density at radius 2 is 2.12 bits per heavy atom. The molecular formula is C21H21ClN2O. The van der Waals surface area contributed by atoms with Crippen molar-refractivity contribution in [2.45, 2.75) is 25.9 Å². The van der Waals surface area contributed by atoms with Gasteiger partial charge in [0.15, 0.2) is 0 Å². The summed E-state index contributed by atoms with van der Waals surface area (Å²) in [6, 6.07) is 14.3. The Labute approximate surface area is 153 Å². The Hall–Kier alpha value is -2.10. The minimum Gasteiger partial charge on any atom is -0.376 e. The lowest BCUT2D eigenvalue weighted by Crippen LogP contribution is -2.19. The molecule has 1 fully saturated rings. The number of aromatic nitrogens is 1. The van der Waals surface area contributed by atoms with Crippen LogP contribution in [0, 0.1) is 6.92 Å². The smallest absolute Gasteiger partial charge is 0.133 e. The van der Waals surface area contributed by atoms with Crippen LogP contribution in [0.4, 0.5) is 5.82 Å². The number of anilines is 1. The van der Waals surface area contributed by atoms with Crippen molar-refractivity contribution in [1.29, 1.82) is 0 Å². The Balaban J connectivity index is 1.77. The molecular weight excluding hydrogens is 332 g/mol. The predicted octanol–water partition coefficient (Wildman–Crippen LogP) is 5.45. The fourth-order valence-corrected chi connectivity index (χ4v) is 3.71. The summed E-state index contributed by atoms with van der Waals surface area (Å²) in [7, 11) is 0. The maximum absolute atomic E-state index is 6.19. The Bertz CT molecular complexity index is 904. The molecule has 0 radical (unpaired) electrons. The first kappa shape index (κ1) is 16.4. The molecule has 1 saturated heterocycles. The largest absolute Gasteiger partial charge is 0.376 e. The summed E-state index contributed by atoms with van der Waals surface area (Å²) in [6.07, 6.45) is 4.49. The molecule has 1 N–H and O–H groups in total. The minimum atomic E-state index is 0.286. The van der Waals surface area contributed by atoms with Gasteiger partial charge in [-0.25, -0.2) is 4.98 Å². The third-order valence-corrected chi connectivity index (χ3v) is 5.01. The van der Waals surface area contributed by atoms with Gasteiger partial charge in [0, 0.05) is 35.3 Å². The molecule has 2 aromatic carbocycles. The fraction of sp³-hybridized carbons (Fsp3) is 0.286. The van der Waals surface area contributed by atoms with Crippen molar-refractivity contribution in [2.75, 3.05) is 18.5 Å². The summed E-state index contributed by atoms with van der Waals surface area (Å²) in [5, 5.41) is 6.57. The number of hydrogen-bond acceptors (Lipinski definition) is 3. The summed E-state index contributed by atoms with van der Waals surface area (Å²) in [5.74, 6) is 0.917. The first-order valence-corrected chi connectivity index (χ1v) is 9.10. The van der Waals surface area contributed by atoms with E-state index < -0.39 is 0 Å². The number of pyridine rings is 1. The molecule has 1 aromatic heterocycles. The van der Waals surface area contributed by atoms with Gasteiger partial charge in [0.1, 0.15) is 5.82 Å². The van der Waals surface area contributed by atoms with Gasteiger partial charge in [-0.05, 0) is 48.4 Å². The molecule has 0 saturated carbocycles. The van der Waals surface area contributed by atoms with Crippen LogP contribution < -0.4 is 5.32 Å². The average molecular weight is 353 g/mol. The molecule has 4 heteroatoms. The maximum atomic E-state index is 6.19. The van der Waals surface area contributed by atoms with Crippen molar-refractivity contribution in [3.8, 4) is 11.1 Å². The first-order valence-electron chi connectivity index (χ1n) is 8.72. The molecule has 2 heterocycles. The van der Waals surface area contributed by atoms with Crippen LogP contribution in [-0.4, -0.2) is 24.2 Å². The summed E-state index contributed by atoms with van der Waals surface area (Å²) < 4.78 is 5.71. The second-order valence-electron chi connectivity index (χ2n) is 6.54. The van der Waals surface area contributed by atoms with Gasteiger partial charge < -0.3 is 10.1 Å². The van der Waals surface area contributed by atoms with Crippen molar-refractivity contribution >= 4 is 28.2 Å². The molecule has 1 unspecified atom stereocenters. The molecule has 1 aliphatic rings. The van der Waals surface area contributed by atoms with Gasteiger partial charge in [0.2, 0.25) is 0 Å². The van der Waals surface area contributed by atoms with E-state index in [2.05, 4.69) is 36.5 Å². The molecule has 128 valence electrons. The Morgan fingerprint density at radius 1 is 1.24 bits per heavy atom. The standard InChI is InChI=1S/C21H21ClN2O/c1-14-5-2-9-18-20(14)19(15-6-3-7-16(22)11-15)13-24-21(18)23-12-17-8-4-10-25-17/h2-3,5-7,9,11,13,17H,4,8,10,12H2,1H3,(H,23,24). The number of hydrogen-bond donors (Lipinski definition) is 1. The van der Waals surface area contributed by atoms with Gasteiger partial charge in [-0.1, -0.05) is 41.9 Å². The quantitative estimate of drug-likeness (QED) is 0.677. The van der Waals surface area contributed by atoms with E-state index in [-0.39, 0.29) is 6.10 Å². The van der Waals surface area contributed by atoms with Crippen molar-refractivity contribution in [2.24, 2.45) is 0 Å². The number of nitrogens with zero attached hydrogens (tertiary/aromatic N) is 1. The Kier molecular flexibility index (Phi) is 4.60. The third-order valence-electron chi connectivity index (χ3n) is 4.78. The van der Waals surface area contributed by atoms with Crippen LogP contribution in [0.5, 0.6) is 0 Å². The zero-order valence-corrected chi connectivity index (χ0v) is 15.0. The lowest BCUT2D eigenvalue weighted by atomic mass is 9.97. The maximum Gasteiger partial charge on any atom is 0.133 e. The minimum absolute atomic E-state index is 0.286. The molecule has 0 aliphatic carbocycles. The second kappa shape index (κ2) is 7.03.